The first-order valence-corrected chi connectivity index (χ1v) is 11.5. The highest BCUT2D eigenvalue weighted by Crippen LogP contribution is 2.23. The third kappa shape index (κ3) is 4.83. The Hall–Kier alpha value is -2.84. The summed E-state index contributed by atoms with van der Waals surface area (Å²) in [6.07, 6.45) is 4.63. The number of benzene rings is 2. The lowest BCUT2D eigenvalue weighted by molar-refractivity contribution is -0.122. The van der Waals surface area contributed by atoms with Crippen LogP contribution in [0.3, 0.4) is 0 Å². The SMILES string of the molecule is Cc1nccn1-c1ccccc1CNC(=O)C(C)N(c1ccc(Cl)cc1)S(C)(=O)=O. The lowest BCUT2D eigenvalue weighted by Crippen LogP contribution is -2.47. The zero-order valence-corrected chi connectivity index (χ0v) is 18.5. The summed E-state index contributed by atoms with van der Waals surface area (Å²) >= 11 is 5.90. The summed E-state index contributed by atoms with van der Waals surface area (Å²) in [5.74, 6) is 0.417. The molecule has 1 amide bonds. The quantitative estimate of drug-likeness (QED) is 0.603. The molecule has 1 unspecified atom stereocenters. The first-order chi connectivity index (χ1) is 14.2. The van der Waals surface area contributed by atoms with Gasteiger partial charge in [-0.1, -0.05) is 29.8 Å². The molecule has 1 atom stereocenters. The molecule has 3 aromatic rings. The molecule has 30 heavy (non-hydrogen) atoms. The van der Waals surface area contributed by atoms with E-state index in [1.807, 2.05) is 42.0 Å². The van der Waals surface area contributed by atoms with Crippen LogP contribution in [0.15, 0.2) is 60.9 Å². The summed E-state index contributed by atoms with van der Waals surface area (Å²) in [5, 5.41) is 3.33. The number of rotatable bonds is 7. The topological polar surface area (TPSA) is 84.3 Å². The Morgan fingerprint density at radius 2 is 1.87 bits per heavy atom. The van der Waals surface area contributed by atoms with Gasteiger partial charge in [0.05, 0.1) is 17.6 Å². The van der Waals surface area contributed by atoms with Crippen LogP contribution in [0.5, 0.6) is 0 Å². The second kappa shape index (κ2) is 8.89. The molecule has 1 aromatic heterocycles. The number of imidazole rings is 1. The van der Waals surface area contributed by atoms with Crippen LogP contribution in [0.25, 0.3) is 5.69 Å². The summed E-state index contributed by atoms with van der Waals surface area (Å²) < 4.78 is 27.8. The van der Waals surface area contributed by atoms with Crippen LogP contribution >= 0.6 is 11.6 Å². The highest BCUT2D eigenvalue weighted by atomic mass is 35.5. The molecular formula is C21H23ClN4O3S. The minimum Gasteiger partial charge on any atom is -0.350 e. The van der Waals surface area contributed by atoms with E-state index in [1.165, 1.54) is 0 Å². The van der Waals surface area contributed by atoms with Crippen molar-refractivity contribution in [3.8, 4) is 5.69 Å². The fourth-order valence-corrected chi connectivity index (χ4v) is 4.56. The Morgan fingerprint density at radius 1 is 1.20 bits per heavy atom. The van der Waals surface area contributed by atoms with Crippen molar-refractivity contribution in [3.05, 3.63) is 77.3 Å². The lowest BCUT2D eigenvalue weighted by atomic mass is 10.1. The van der Waals surface area contributed by atoms with Crippen molar-refractivity contribution in [2.24, 2.45) is 0 Å². The van der Waals surface area contributed by atoms with Crippen molar-refractivity contribution < 1.29 is 13.2 Å². The van der Waals surface area contributed by atoms with Gasteiger partial charge >= 0.3 is 0 Å². The van der Waals surface area contributed by atoms with Gasteiger partial charge < -0.3 is 9.88 Å². The fraction of sp³-hybridized carbons (Fsp3) is 0.238. The molecule has 9 heteroatoms. The maximum absolute atomic E-state index is 12.8. The predicted molar refractivity (Wildman–Crippen MR) is 118 cm³/mol. The summed E-state index contributed by atoms with van der Waals surface area (Å²) in [4.78, 5) is 17.1. The molecule has 0 aliphatic rings. The first-order valence-electron chi connectivity index (χ1n) is 9.29. The zero-order chi connectivity index (χ0) is 21.9. The molecule has 1 N–H and O–H groups in total. The number of amides is 1. The van der Waals surface area contributed by atoms with Gasteiger partial charge in [-0.15, -0.1) is 0 Å². The molecule has 0 fully saturated rings. The van der Waals surface area contributed by atoms with E-state index >= 15 is 0 Å². The van der Waals surface area contributed by atoms with Crippen molar-refractivity contribution in [1.29, 1.82) is 0 Å². The van der Waals surface area contributed by atoms with Gasteiger partial charge in [0.25, 0.3) is 0 Å². The van der Waals surface area contributed by atoms with Crippen LogP contribution in [-0.4, -0.2) is 36.2 Å². The standard InChI is InChI=1S/C21H23ClN4O3S/c1-15(26(30(3,28)29)19-10-8-18(22)9-11-19)21(27)24-14-17-6-4-5-7-20(17)25-13-12-23-16(25)2/h4-13,15H,14H2,1-3H3,(H,24,27). The smallest absolute Gasteiger partial charge is 0.243 e. The third-order valence-electron chi connectivity index (χ3n) is 4.70. The van der Waals surface area contributed by atoms with Crippen molar-refractivity contribution >= 4 is 33.2 Å². The molecule has 7 nitrogen and oxygen atoms in total. The lowest BCUT2D eigenvalue weighted by Gasteiger charge is -2.28. The summed E-state index contributed by atoms with van der Waals surface area (Å²) in [7, 11) is -3.69. The summed E-state index contributed by atoms with van der Waals surface area (Å²) in [6.45, 7) is 3.69. The van der Waals surface area contributed by atoms with E-state index in [9.17, 15) is 13.2 Å². The number of sulfonamides is 1. The Bertz CT molecular complexity index is 1140. The van der Waals surface area contributed by atoms with Gasteiger partial charge in [-0.3, -0.25) is 9.10 Å². The molecular weight excluding hydrogens is 424 g/mol. The number of anilines is 1. The number of carbonyl (C=O) groups is 1. The van der Waals surface area contributed by atoms with E-state index in [2.05, 4.69) is 10.3 Å². The van der Waals surface area contributed by atoms with Crippen LogP contribution in [0.4, 0.5) is 5.69 Å². The van der Waals surface area contributed by atoms with Gasteiger partial charge in [-0.05, 0) is 49.7 Å². The third-order valence-corrected chi connectivity index (χ3v) is 6.19. The van der Waals surface area contributed by atoms with Gasteiger partial charge in [0, 0.05) is 24.0 Å². The Labute approximate surface area is 181 Å². The van der Waals surface area contributed by atoms with Gasteiger partial charge in [-0.2, -0.15) is 0 Å². The summed E-state index contributed by atoms with van der Waals surface area (Å²) in [5.41, 5.74) is 2.16. The number of nitrogens with one attached hydrogen (secondary N) is 1. The molecule has 0 spiro atoms. The van der Waals surface area contributed by atoms with E-state index in [0.717, 1.165) is 27.6 Å². The normalized spacial score (nSPS) is 12.4. The van der Waals surface area contributed by atoms with Crippen molar-refractivity contribution in [3.63, 3.8) is 0 Å². The predicted octanol–water partition coefficient (Wildman–Crippen LogP) is 3.31. The number of carbonyl (C=O) groups excluding carboxylic acids is 1. The highest BCUT2D eigenvalue weighted by molar-refractivity contribution is 7.92. The molecule has 3 rings (SSSR count). The maximum atomic E-state index is 12.8. The van der Waals surface area contributed by atoms with Crippen LogP contribution in [-0.2, 0) is 21.4 Å². The van der Waals surface area contributed by atoms with Gasteiger partial charge in [0.15, 0.2) is 0 Å². The second-order valence-corrected chi connectivity index (χ2v) is 9.20. The van der Waals surface area contributed by atoms with Crippen molar-refractivity contribution in [2.45, 2.75) is 26.4 Å². The number of nitrogens with zero attached hydrogens (tertiary/aromatic N) is 3. The van der Waals surface area contributed by atoms with Crippen LogP contribution in [0.1, 0.15) is 18.3 Å². The van der Waals surface area contributed by atoms with Crippen LogP contribution in [0, 0.1) is 6.92 Å². The minimum absolute atomic E-state index is 0.245. The second-order valence-electron chi connectivity index (χ2n) is 6.90. The Morgan fingerprint density at radius 3 is 2.47 bits per heavy atom. The zero-order valence-electron chi connectivity index (χ0n) is 16.9. The van der Waals surface area contributed by atoms with E-state index in [-0.39, 0.29) is 6.54 Å². The number of aromatic nitrogens is 2. The average Bonchev–Trinajstić information content (AvgIpc) is 3.12. The molecule has 0 aliphatic heterocycles. The number of para-hydroxylation sites is 1. The number of aryl methyl sites for hydroxylation is 1. The minimum atomic E-state index is -3.69. The fourth-order valence-electron chi connectivity index (χ4n) is 3.25. The van der Waals surface area contributed by atoms with Gasteiger partial charge in [0.2, 0.25) is 15.9 Å². The summed E-state index contributed by atoms with van der Waals surface area (Å²) in [6, 6.07) is 13.0. The van der Waals surface area contributed by atoms with Gasteiger partial charge in [0.1, 0.15) is 11.9 Å². The number of halogens is 1. The first kappa shape index (κ1) is 21.9. The molecule has 1 heterocycles. The molecule has 0 aliphatic carbocycles. The molecule has 0 saturated carbocycles. The number of hydrogen-bond donors (Lipinski definition) is 1. The molecule has 2 aromatic carbocycles. The van der Waals surface area contributed by atoms with E-state index in [1.54, 1.807) is 37.4 Å². The molecule has 0 radical (unpaired) electrons. The molecule has 0 bridgehead atoms. The Balaban J connectivity index is 1.80. The highest BCUT2D eigenvalue weighted by Gasteiger charge is 2.29. The monoisotopic (exact) mass is 446 g/mol. The average molecular weight is 447 g/mol. The van der Waals surface area contributed by atoms with Crippen LogP contribution < -0.4 is 9.62 Å². The molecule has 0 saturated heterocycles. The maximum Gasteiger partial charge on any atom is 0.243 e. The molecule has 158 valence electrons. The van der Waals surface area contributed by atoms with E-state index in [4.69, 9.17) is 11.6 Å². The van der Waals surface area contributed by atoms with E-state index < -0.39 is 22.0 Å². The van der Waals surface area contributed by atoms with Crippen LogP contribution in [0.2, 0.25) is 5.02 Å². The van der Waals surface area contributed by atoms with Gasteiger partial charge in [-0.25, -0.2) is 13.4 Å². The van der Waals surface area contributed by atoms with Crippen molar-refractivity contribution in [2.75, 3.05) is 10.6 Å². The largest absolute Gasteiger partial charge is 0.350 e. The van der Waals surface area contributed by atoms with Crippen molar-refractivity contribution in [1.82, 2.24) is 14.9 Å². The Kier molecular flexibility index (Phi) is 6.48. The van der Waals surface area contributed by atoms with E-state index in [0.29, 0.717) is 10.7 Å². The number of hydrogen-bond acceptors (Lipinski definition) is 4.